The van der Waals surface area contributed by atoms with Crippen molar-refractivity contribution in [3.8, 4) is 78.3 Å². The minimum absolute atomic E-state index is 0.661. The fraction of sp³-hybridized carbons (Fsp3) is 0. The number of nitrogens with zero attached hydrogens (tertiary/aromatic N) is 2. The largest absolute Gasteiger partial charge is 0.452 e. The molecule has 55 heavy (non-hydrogen) atoms. The number of fused-ring (bicyclic) bond motifs is 3. The van der Waals surface area contributed by atoms with Crippen LogP contribution in [0.4, 0.5) is 0 Å². The number of furan rings is 1. The van der Waals surface area contributed by atoms with Crippen molar-refractivity contribution in [2.75, 3.05) is 0 Å². The van der Waals surface area contributed by atoms with Crippen molar-refractivity contribution in [1.82, 2.24) is 9.97 Å². The van der Waals surface area contributed by atoms with E-state index in [0.29, 0.717) is 11.4 Å². The highest BCUT2D eigenvalue weighted by molar-refractivity contribution is 6.07. The Hall–Kier alpha value is -7.36. The molecule has 258 valence electrons. The zero-order valence-corrected chi connectivity index (χ0v) is 29.9. The van der Waals surface area contributed by atoms with Crippen LogP contribution in [0.1, 0.15) is 0 Å². The third kappa shape index (κ3) is 6.28. The van der Waals surface area contributed by atoms with Crippen molar-refractivity contribution in [3.05, 3.63) is 206 Å². The molecule has 0 bridgehead atoms. The van der Waals surface area contributed by atoms with Crippen molar-refractivity contribution in [2.45, 2.75) is 0 Å². The van der Waals surface area contributed by atoms with Gasteiger partial charge in [-0.05, 0) is 104 Å². The van der Waals surface area contributed by atoms with Crippen LogP contribution in [0, 0.1) is 0 Å². The van der Waals surface area contributed by atoms with E-state index in [4.69, 9.17) is 14.4 Å². The molecule has 2 heterocycles. The summed E-state index contributed by atoms with van der Waals surface area (Å²) >= 11 is 0. The number of rotatable bonds is 7. The summed E-state index contributed by atoms with van der Waals surface area (Å²) in [6, 6.07) is 72.6. The van der Waals surface area contributed by atoms with Gasteiger partial charge in [-0.3, -0.25) is 0 Å². The highest BCUT2D eigenvalue weighted by atomic mass is 16.3. The van der Waals surface area contributed by atoms with Crippen molar-refractivity contribution >= 4 is 22.1 Å². The van der Waals surface area contributed by atoms with Crippen LogP contribution in [0.25, 0.3) is 100 Å². The van der Waals surface area contributed by atoms with E-state index < -0.39 is 0 Å². The SMILES string of the molecule is c1ccc(-c2cccc(-c3cc(-c4ccccc4)cc(-c4cccc(-c5cccc(-c6nc(-c7ccccc7)c7oc8ccccc8c7n6)c5)c4)c3)c2)cc1. The van der Waals surface area contributed by atoms with E-state index in [1.54, 1.807) is 0 Å². The summed E-state index contributed by atoms with van der Waals surface area (Å²) in [4.78, 5) is 10.3. The van der Waals surface area contributed by atoms with Crippen LogP contribution >= 0.6 is 0 Å². The minimum atomic E-state index is 0.661. The smallest absolute Gasteiger partial charge is 0.180 e. The van der Waals surface area contributed by atoms with Gasteiger partial charge in [0.2, 0.25) is 0 Å². The molecule has 10 rings (SSSR count). The van der Waals surface area contributed by atoms with Gasteiger partial charge in [-0.2, -0.15) is 0 Å². The van der Waals surface area contributed by atoms with Gasteiger partial charge in [0.15, 0.2) is 11.4 Å². The Bertz CT molecular complexity index is 2970. The van der Waals surface area contributed by atoms with Crippen molar-refractivity contribution in [2.24, 2.45) is 0 Å². The standard InChI is InChI=1S/C52H34N2O/c1-4-15-35(16-5-1)38-21-12-24-41(29-38)45-32-44(36-17-6-2-7-18-36)33-46(34-45)42-25-13-22-39(30-42)40-23-14-26-43(31-40)52-53-49(37-19-8-3-9-20-37)51-50(54-52)47-27-10-11-28-48(47)55-51/h1-34H. The number of aromatic nitrogens is 2. The Morgan fingerprint density at radius 2 is 0.673 bits per heavy atom. The zero-order chi connectivity index (χ0) is 36.6. The maximum Gasteiger partial charge on any atom is 0.180 e. The Labute approximate surface area is 319 Å². The highest BCUT2D eigenvalue weighted by Gasteiger charge is 2.18. The fourth-order valence-corrected chi connectivity index (χ4v) is 7.49. The summed E-state index contributed by atoms with van der Waals surface area (Å²) in [6.45, 7) is 0. The van der Waals surface area contributed by atoms with Crippen LogP contribution in [0.3, 0.4) is 0 Å². The first kappa shape index (κ1) is 32.3. The zero-order valence-electron chi connectivity index (χ0n) is 29.9. The molecule has 0 radical (unpaired) electrons. The van der Waals surface area contributed by atoms with Gasteiger partial charge in [-0.1, -0.05) is 158 Å². The molecule has 0 amide bonds. The lowest BCUT2D eigenvalue weighted by atomic mass is 9.91. The number of hydrogen-bond donors (Lipinski definition) is 0. The van der Waals surface area contributed by atoms with E-state index in [0.717, 1.165) is 55.6 Å². The molecular weight excluding hydrogens is 669 g/mol. The second-order valence-corrected chi connectivity index (χ2v) is 13.8. The first-order valence-electron chi connectivity index (χ1n) is 18.6. The number of benzene rings is 8. The molecule has 0 aliphatic heterocycles. The quantitative estimate of drug-likeness (QED) is 0.166. The van der Waals surface area contributed by atoms with Gasteiger partial charge in [0.05, 0.1) is 0 Å². The van der Waals surface area contributed by atoms with E-state index in [2.05, 4.69) is 170 Å². The summed E-state index contributed by atoms with van der Waals surface area (Å²) < 4.78 is 6.35. The van der Waals surface area contributed by atoms with Crippen LogP contribution in [0.2, 0.25) is 0 Å². The van der Waals surface area contributed by atoms with Gasteiger partial charge in [0.25, 0.3) is 0 Å². The average molecular weight is 703 g/mol. The van der Waals surface area contributed by atoms with Gasteiger partial charge < -0.3 is 4.42 Å². The number of hydrogen-bond acceptors (Lipinski definition) is 3. The summed E-state index contributed by atoms with van der Waals surface area (Å²) in [5, 5.41) is 0.978. The van der Waals surface area contributed by atoms with Crippen molar-refractivity contribution < 1.29 is 4.42 Å². The molecule has 0 unspecified atom stereocenters. The van der Waals surface area contributed by atoms with Gasteiger partial charge in [-0.25, -0.2) is 9.97 Å². The van der Waals surface area contributed by atoms with E-state index in [-0.39, 0.29) is 0 Å². The lowest BCUT2D eigenvalue weighted by Gasteiger charge is -2.13. The summed E-state index contributed by atoms with van der Waals surface area (Å²) in [5.74, 6) is 0.661. The maximum atomic E-state index is 6.35. The van der Waals surface area contributed by atoms with Crippen LogP contribution in [-0.4, -0.2) is 9.97 Å². The van der Waals surface area contributed by atoms with E-state index in [1.165, 1.54) is 33.4 Å². The Morgan fingerprint density at radius 1 is 0.291 bits per heavy atom. The lowest BCUT2D eigenvalue weighted by molar-refractivity contribution is 0.667. The summed E-state index contributed by atoms with van der Waals surface area (Å²) in [7, 11) is 0. The van der Waals surface area contributed by atoms with Crippen LogP contribution in [0.5, 0.6) is 0 Å². The summed E-state index contributed by atoms with van der Waals surface area (Å²) in [6.07, 6.45) is 0. The molecule has 0 fully saturated rings. The molecular formula is C52H34N2O. The molecule has 3 nitrogen and oxygen atoms in total. The van der Waals surface area contributed by atoms with E-state index >= 15 is 0 Å². The molecule has 0 saturated heterocycles. The third-order valence-electron chi connectivity index (χ3n) is 10.3. The van der Waals surface area contributed by atoms with Gasteiger partial charge in [0.1, 0.15) is 16.8 Å². The fourth-order valence-electron chi connectivity index (χ4n) is 7.49. The monoisotopic (exact) mass is 702 g/mol. The molecule has 10 aromatic rings. The second kappa shape index (κ2) is 13.9. The predicted octanol–water partition coefficient (Wildman–Crippen LogP) is 14.0. The van der Waals surface area contributed by atoms with Crippen LogP contribution in [-0.2, 0) is 0 Å². The lowest BCUT2D eigenvalue weighted by Crippen LogP contribution is -1.94. The molecule has 0 saturated carbocycles. The van der Waals surface area contributed by atoms with Gasteiger partial charge in [-0.15, -0.1) is 0 Å². The van der Waals surface area contributed by atoms with E-state index in [9.17, 15) is 0 Å². The van der Waals surface area contributed by atoms with Gasteiger partial charge >= 0.3 is 0 Å². The molecule has 2 aromatic heterocycles. The third-order valence-corrected chi connectivity index (χ3v) is 10.3. The Kier molecular flexibility index (Phi) is 8.16. The Balaban J connectivity index is 1.07. The molecule has 3 heteroatoms. The molecule has 0 spiro atoms. The second-order valence-electron chi connectivity index (χ2n) is 13.8. The molecule has 0 aliphatic rings. The van der Waals surface area contributed by atoms with Gasteiger partial charge in [0, 0.05) is 16.5 Å². The maximum absolute atomic E-state index is 6.35. The first-order chi connectivity index (χ1) is 27.2. The highest BCUT2D eigenvalue weighted by Crippen LogP contribution is 2.38. The van der Waals surface area contributed by atoms with Crippen molar-refractivity contribution in [3.63, 3.8) is 0 Å². The molecule has 0 N–H and O–H groups in total. The van der Waals surface area contributed by atoms with E-state index in [1.807, 2.05) is 36.4 Å². The number of para-hydroxylation sites is 1. The Morgan fingerprint density at radius 3 is 1.25 bits per heavy atom. The average Bonchev–Trinajstić information content (AvgIpc) is 3.66. The predicted molar refractivity (Wildman–Crippen MR) is 227 cm³/mol. The van der Waals surface area contributed by atoms with Crippen molar-refractivity contribution in [1.29, 1.82) is 0 Å². The molecule has 0 aliphatic carbocycles. The first-order valence-corrected chi connectivity index (χ1v) is 18.6. The van der Waals surface area contributed by atoms with Crippen LogP contribution < -0.4 is 0 Å². The normalized spacial score (nSPS) is 11.3. The molecule has 8 aromatic carbocycles. The topological polar surface area (TPSA) is 38.9 Å². The molecule has 0 atom stereocenters. The summed E-state index contributed by atoms with van der Waals surface area (Å²) in [5.41, 5.74) is 16.7. The van der Waals surface area contributed by atoms with Crippen LogP contribution in [0.15, 0.2) is 211 Å². The minimum Gasteiger partial charge on any atom is -0.452 e.